The number of nitrogens with zero attached hydrogens (tertiary/aromatic N) is 2. The zero-order valence-electron chi connectivity index (χ0n) is 20.0. The van der Waals surface area contributed by atoms with E-state index in [2.05, 4.69) is 5.32 Å². The average molecular weight is 486 g/mol. The van der Waals surface area contributed by atoms with Crippen LogP contribution in [-0.2, 0) is 24.4 Å². The number of ether oxygens (including phenoxy) is 3. The molecule has 2 N–H and O–H groups in total. The van der Waals surface area contributed by atoms with Crippen molar-refractivity contribution in [3.8, 4) is 23.3 Å². The molecule has 2 aliphatic heterocycles. The minimum absolute atomic E-state index is 0.0448. The van der Waals surface area contributed by atoms with Gasteiger partial charge in [-0.2, -0.15) is 5.26 Å². The standard InChI is InChI=1S/C28H27N3O5/c1-34-22-11-20-14-31(15-23(20)24(12-22)30-21-7-8-35-17-21)28(33)27-25(32)9-19(13-29)10-26(27)36-16-18-5-3-2-4-6-18/h2-6,9-12,21,30,32H,7-8,14-17H2,1H3/t21-/m1/s1. The molecular weight excluding hydrogens is 458 g/mol. The third-order valence-corrected chi connectivity index (χ3v) is 6.50. The predicted octanol–water partition coefficient (Wildman–Crippen LogP) is 4.21. The molecule has 8 heteroatoms. The SMILES string of the molecule is COc1cc2c(c(N[C@@H]3CCOC3)c1)CN(C(=O)c1c(O)cc(C#N)cc1OCc1ccccc1)C2. The van der Waals surface area contributed by atoms with Crippen molar-refractivity contribution in [2.75, 3.05) is 25.6 Å². The summed E-state index contributed by atoms with van der Waals surface area (Å²) in [6, 6.07) is 18.4. The second-order valence-electron chi connectivity index (χ2n) is 8.93. The molecule has 36 heavy (non-hydrogen) atoms. The van der Waals surface area contributed by atoms with Gasteiger partial charge in [-0.15, -0.1) is 0 Å². The molecule has 0 spiro atoms. The third-order valence-electron chi connectivity index (χ3n) is 6.50. The Balaban J connectivity index is 1.43. The maximum Gasteiger partial charge on any atom is 0.262 e. The van der Waals surface area contributed by atoms with Crippen LogP contribution in [0.3, 0.4) is 0 Å². The fourth-order valence-corrected chi connectivity index (χ4v) is 4.63. The number of carbonyl (C=O) groups is 1. The highest BCUT2D eigenvalue weighted by molar-refractivity contribution is 6.00. The summed E-state index contributed by atoms with van der Waals surface area (Å²) in [6.45, 7) is 2.28. The molecule has 184 valence electrons. The number of benzene rings is 3. The van der Waals surface area contributed by atoms with Crippen molar-refractivity contribution in [2.24, 2.45) is 0 Å². The number of nitrogens with one attached hydrogen (secondary N) is 1. The van der Waals surface area contributed by atoms with Crippen LogP contribution >= 0.6 is 0 Å². The number of phenolic OH excluding ortho intramolecular Hbond substituents is 1. The largest absolute Gasteiger partial charge is 0.507 e. The summed E-state index contributed by atoms with van der Waals surface area (Å²) in [5.74, 6) is 0.232. The number of fused-ring (bicyclic) bond motifs is 1. The van der Waals surface area contributed by atoms with Crippen LogP contribution in [0.4, 0.5) is 5.69 Å². The number of rotatable bonds is 7. The van der Waals surface area contributed by atoms with E-state index in [1.165, 1.54) is 12.1 Å². The monoisotopic (exact) mass is 485 g/mol. The van der Waals surface area contributed by atoms with Gasteiger partial charge in [0.25, 0.3) is 5.91 Å². The van der Waals surface area contributed by atoms with Crippen LogP contribution in [0.15, 0.2) is 54.6 Å². The van der Waals surface area contributed by atoms with Gasteiger partial charge in [0.15, 0.2) is 0 Å². The van der Waals surface area contributed by atoms with Crippen LogP contribution in [0.2, 0.25) is 0 Å². The molecule has 1 saturated heterocycles. The number of amides is 1. The van der Waals surface area contributed by atoms with E-state index in [-0.39, 0.29) is 41.2 Å². The molecule has 0 aliphatic carbocycles. The predicted molar refractivity (Wildman–Crippen MR) is 133 cm³/mol. The van der Waals surface area contributed by atoms with Crippen molar-refractivity contribution in [3.05, 3.63) is 82.4 Å². The van der Waals surface area contributed by atoms with E-state index in [9.17, 15) is 15.2 Å². The Hall–Kier alpha value is -4.22. The van der Waals surface area contributed by atoms with E-state index in [0.29, 0.717) is 25.4 Å². The second kappa shape index (κ2) is 10.2. The van der Waals surface area contributed by atoms with Gasteiger partial charge in [-0.25, -0.2) is 0 Å². The van der Waals surface area contributed by atoms with Gasteiger partial charge in [-0.3, -0.25) is 4.79 Å². The lowest BCUT2D eigenvalue weighted by atomic mass is 10.1. The number of nitriles is 1. The molecule has 3 aromatic carbocycles. The molecular formula is C28H27N3O5. The molecule has 1 atom stereocenters. The van der Waals surface area contributed by atoms with Crippen molar-refractivity contribution >= 4 is 11.6 Å². The maximum atomic E-state index is 13.7. The Morgan fingerprint density at radius 1 is 1.22 bits per heavy atom. The van der Waals surface area contributed by atoms with Crippen LogP contribution in [0.5, 0.6) is 17.2 Å². The molecule has 0 unspecified atom stereocenters. The Labute approximate surface area is 209 Å². The first kappa shape index (κ1) is 23.5. The second-order valence-corrected chi connectivity index (χ2v) is 8.93. The van der Waals surface area contributed by atoms with Crippen LogP contribution in [0.25, 0.3) is 0 Å². The lowest BCUT2D eigenvalue weighted by Crippen LogP contribution is -2.26. The van der Waals surface area contributed by atoms with E-state index in [1.54, 1.807) is 12.0 Å². The molecule has 1 fully saturated rings. The smallest absolute Gasteiger partial charge is 0.262 e. The molecule has 0 aromatic heterocycles. The summed E-state index contributed by atoms with van der Waals surface area (Å²) < 4.78 is 16.9. The van der Waals surface area contributed by atoms with Gasteiger partial charge in [0.1, 0.15) is 29.4 Å². The molecule has 2 aliphatic rings. The summed E-state index contributed by atoms with van der Waals surface area (Å²) >= 11 is 0. The molecule has 0 bridgehead atoms. The van der Waals surface area contributed by atoms with Crippen LogP contribution in [0.1, 0.15) is 39.0 Å². The quantitative estimate of drug-likeness (QED) is 0.517. The summed E-state index contributed by atoms with van der Waals surface area (Å²) in [4.78, 5) is 15.4. The Morgan fingerprint density at radius 3 is 2.78 bits per heavy atom. The lowest BCUT2D eigenvalue weighted by Gasteiger charge is -2.20. The van der Waals surface area contributed by atoms with E-state index in [4.69, 9.17) is 14.2 Å². The van der Waals surface area contributed by atoms with E-state index >= 15 is 0 Å². The number of aromatic hydroxyl groups is 1. The van der Waals surface area contributed by atoms with Gasteiger partial charge in [0.2, 0.25) is 0 Å². The minimum atomic E-state index is -0.370. The fourth-order valence-electron chi connectivity index (χ4n) is 4.63. The maximum absolute atomic E-state index is 13.7. The van der Waals surface area contributed by atoms with Gasteiger partial charge < -0.3 is 29.5 Å². The zero-order chi connectivity index (χ0) is 25.1. The highest BCUT2D eigenvalue weighted by Crippen LogP contribution is 2.38. The minimum Gasteiger partial charge on any atom is -0.507 e. The molecule has 5 rings (SSSR count). The molecule has 0 saturated carbocycles. The van der Waals surface area contributed by atoms with Crippen molar-refractivity contribution in [1.82, 2.24) is 4.90 Å². The number of phenols is 1. The topological polar surface area (TPSA) is 104 Å². The lowest BCUT2D eigenvalue weighted by molar-refractivity contribution is 0.0743. The molecule has 2 heterocycles. The van der Waals surface area contributed by atoms with E-state index in [1.807, 2.05) is 48.5 Å². The number of methoxy groups -OCH3 is 1. The number of hydrogen-bond acceptors (Lipinski definition) is 7. The molecule has 3 aromatic rings. The summed E-state index contributed by atoms with van der Waals surface area (Å²) in [7, 11) is 1.62. The Kier molecular flexibility index (Phi) is 6.65. The van der Waals surface area contributed by atoms with Crippen LogP contribution < -0.4 is 14.8 Å². The number of anilines is 1. The Morgan fingerprint density at radius 2 is 2.06 bits per heavy atom. The van der Waals surface area contributed by atoms with Crippen LogP contribution in [0, 0.1) is 11.3 Å². The Bertz CT molecular complexity index is 1310. The van der Waals surface area contributed by atoms with Crippen molar-refractivity contribution in [3.63, 3.8) is 0 Å². The summed E-state index contributed by atoms with van der Waals surface area (Å²) in [6.07, 6.45) is 0.913. The van der Waals surface area contributed by atoms with Crippen LogP contribution in [-0.4, -0.2) is 42.3 Å². The van der Waals surface area contributed by atoms with E-state index in [0.717, 1.165) is 35.4 Å². The van der Waals surface area contributed by atoms with Crippen molar-refractivity contribution in [1.29, 1.82) is 5.26 Å². The average Bonchev–Trinajstić information content (AvgIpc) is 3.57. The first-order valence-corrected chi connectivity index (χ1v) is 11.8. The fraction of sp³-hybridized carbons (Fsp3) is 0.286. The molecule has 8 nitrogen and oxygen atoms in total. The first-order chi connectivity index (χ1) is 17.6. The summed E-state index contributed by atoms with van der Waals surface area (Å²) in [5, 5.41) is 23.7. The highest BCUT2D eigenvalue weighted by atomic mass is 16.5. The van der Waals surface area contributed by atoms with Gasteiger partial charge in [-0.05, 0) is 41.3 Å². The summed E-state index contributed by atoms with van der Waals surface area (Å²) in [5.41, 5.74) is 4.07. The number of hydrogen-bond donors (Lipinski definition) is 2. The first-order valence-electron chi connectivity index (χ1n) is 11.8. The zero-order valence-corrected chi connectivity index (χ0v) is 20.0. The van der Waals surface area contributed by atoms with Crippen molar-refractivity contribution < 1.29 is 24.1 Å². The van der Waals surface area contributed by atoms with Crippen molar-refractivity contribution in [2.45, 2.75) is 32.2 Å². The normalized spacial score (nSPS) is 16.3. The molecule has 0 radical (unpaired) electrons. The van der Waals surface area contributed by atoms with Gasteiger partial charge in [0.05, 0.1) is 31.4 Å². The third kappa shape index (κ3) is 4.79. The van der Waals surface area contributed by atoms with Gasteiger partial charge in [-0.1, -0.05) is 30.3 Å². The highest BCUT2D eigenvalue weighted by Gasteiger charge is 2.31. The van der Waals surface area contributed by atoms with Gasteiger partial charge >= 0.3 is 0 Å². The van der Waals surface area contributed by atoms with E-state index < -0.39 is 0 Å². The molecule has 1 amide bonds. The van der Waals surface area contributed by atoms with Gasteiger partial charge in [0, 0.05) is 31.5 Å². The number of carbonyl (C=O) groups excluding carboxylic acids is 1.